The second-order valence-electron chi connectivity index (χ2n) is 8.22. The Morgan fingerprint density at radius 2 is 1.62 bits per heavy atom. The molecule has 8 nitrogen and oxygen atoms in total. The van der Waals surface area contributed by atoms with Gasteiger partial charge >= 0.3 is 0 Å². The van der Waals surface area contributed by atoms with Crippen molar-refractivity contribution in [2.75, 3.05) is 29.9 Å². The fourth-order valence-corrected chi connectivity index (χ4v) is 3.68. The van der Waals surface area contributed by atoms with Gasteiger partial charge in [-0.05, 0) is 62.1 Å². The number of aryl methyl sites for hydroxylation is 1. The molecular weight excluding hydrogens is 468 g/mol. The lowest BCUT2D eigenvalue weighted by molar-refractivity contribution is 0.0954. The number of nitrogens with two attached hydrogens (primary N) is 2. The van der Waals surface area contributed by atoms with Crippen LogP contribution in [-0.4, -0.2) is 30.1 Å². The first-order chi connectivity index (χ1) is 17.8. The molecule has 0 atom stereocenters. The van der Waals surface area contributed by atoms with E-state index in [1.807, 2.05) is 69.3 Å². The molecule has 4 aromatic carbocycles. The zero-order chi connectivity index (χ0) is 26.9. The van der Waals surface area contributed by atoms with E-state index in [-0.39, 0.29) is 28.8 Å². The minimum absolute atomic E-state index is 0.118. The van der Waals surface area contributed by atoms with Crippen molar-refractivity contribution in [1.82, 2.24) is 5.32 Å². The summed E-state index contributed by atoms with van der Waals surface area (Å²) in [6.45, 7) is 6.83. The number of carbonyl (C=O) groups excluding carboxylic acids is 2. The Morgan fingerprint density at radius 3 is 2.30 bits per heavy atom. The number of phenolic OH excluding ortho intramolecular Hbond substituents is 1. The number of phenols is 1. The lowest BCUT2D eigenvalue weighted by Gasteiger charge is -2.12. The van der Waals surface area contributed by atoms with Crippen LogP contribution in [0.5, 0.6) is 11.5 Å². The van der Waals surface area contributed by atoms with E-state index in [1.54, 1.807) is 24.3 Å². The summed E-state index contributed by atoms with van der Waals surface area (Å²) >= 11 is 0. The van der Waals surface area contributed by atoms with Crippen LogP contribution in [0.15, 0.2) is 72.8 Å². The van der Waals surface area contributed by atoms with Gasteiger partial charge in [0.25, 0.3) is 11.8 Å². The van der Waals surface area contributed by atoms with Gasteiger partial charge in [-0.1, -0.05) is 42.5 Å². The van der Waals surface area contributed by atoms with Crippen LogP contribution in [0.25, 0.3) is 10.8 Å². The summed E-state index contributed by atoms with van der Waals surface area (Å²) in [5.41, 5.74) is 14.8. The number of benzene rings is 4. The second kappa shape index (κ2) is 12.3. The Hall–Kier alpha value is -4.72. The standard InChI is InChI=1S/C18H16N2O2.C11H16N2O2/c1-11-6-2-5-9-15(11)20-18(22)14-10-12-7-3-4-8-13(12)16(19)17(14)21;1-3-13-11(14)8-5-6-10(15-4-2)9(12)7-8/h2-10,21H,19H2,1H3,(H,20,22);5-7H,3-4,12H2,1-2H3,(H,13,14). The predicted octanol–water partition coefficient (Wildman–Crippen LogP) is 5.11. The summed E-state index contributed by atoms with van der Waals surface area (Å²) in [4.78, 5) is 23.9. The molecule has 0 aromatic heterocycles. The van der Waals surface area contributed by atoms with Crippen molar-refractivity contribution in [2.24, 2.45) is 0 Å². The van der Waals surface area contributed by atoms with Crippen LogP contribution in [0.1, 0.15) is 40.1 Å². The fraction of sp³-hybridized carbons (Fsp3) is 0.172. The van der Waals surface area contributed by atoms with E-state index in [1.165, 1.54) is 0 Å². The van der Waals surface area contributed by atoms with E-state index >= 15 is 0 Å². The van der Waals surface area contributed by atoms with Crippen molar-refractivity contribution in [1.29, 1.82) is 0 Å². The van der Waals surface area contributed by atoms with E-state index in [9.17, 15) is 14.7 Å². The third-order valence-electron chi connectivity index (χ3n) is 5.61. The number of ether oxygens (including phenoxy) is 1. The summed E-state index contributed by atoms with van der Waals surface area (Å²) in [6.07, 6.45) is 0. The van der Waals surface area contributed by atoms with Crippen molar-refractivity contribution in [3.8, 4) is 11.5 Å². The van der Waals surface area contributed by atoms with Gasteiger partial charge in [0.15, 0.2) is 5.75 Å². The average Bonchev–Trinajstić information content (AvgIpc) is 2.89. The van der Waals surface area contributed by atoms with Crippen LogP contribution in [0.3, 0.4) is 0 Å². The van der Waals surface area contributed by atoms with Crippen molar-refractivity contribution < 1.29 is 19.4 Å². The number of nitrogen functional groups attached to an aromatic ring is 2. The van der Waals surface area contributed by atoms with Gasteiger partial charge in [-0.2, -0.15) is 0 Å². The molecule has 0 bridgehead atoms. The number of hydrogen-bond donors (Lipinski definition) is 5. The highest BCUT2D eigenvalue weighted by atomic mass is 16.5. The van der Waals surface area contributed by atoms with Gasteiger partial charge < -0.3 is 31.9 Å². The lowest BCUT2D eigenvalue weighted by atomic mass is 10.0. The molecule has 0 heterocycles. The van der Waals surface area contributed by atoms with Gasteiger partial charge in [0.2, 0.25) is 0 Å². The maximum absolute atomic E-state index is 12.5. The average molecular weight is 501 g/mol. The van der Waals surface area contributed by atoms with Crippen LogP contribution in [0.2, 0.25) is 0 Å². The van der Waals surface area contributed by atoms with E-state index in [0.717, 1.165) is 16.3 Å². The minimum atomic E-state index is -0.385. The van der Waals surface area contributed by atoms with Gasteiger partial charge in [-0.15, -0.1) is 0 Å². The Bertz CT molecular complexity index is 1420. The Balaban J connectivity index is 0.000000222. The van der Waals surface area contributed by atoms with E-state index in [2.05, 4.69) is 10.6 Å². The molecule has 2 amide bonds. The summed E-state index contributed by atoms with van der Waals surface area (Å²) in [7, 11) is 0. The Morgan fingerprint density at radius 1 is 0.919 bits per heavy atom. The molecule has 0 fully saturated rings. The van der Waals surface area contributed by atoms with Crippen LogP contribution in [0.4, 0.5) is 17.1 Å². The molecule has 7 N–H and O–H groups in total. The van der Waals surface area contributed by atoms with Crippen LogP contribution in [-0.2, 0) is 0 Å². The van der Waals surface area contributed by atoms with Crippen LogP contribution in [0, 0.1) is 6.92 Å². The monoisotopic (exact) mass is 500 g/mol. The number of carbonyl (C=O) groups is 2. The first-order valence-corrected chi connectivity index (χ1v) is 11.9. The van der Waals surface area contributed by atoms with Crippen molar-refractivity contribution >= 4 is 39.6 Å². The summed E-state index contributed by atoms with van der Waals surface area (Å²) < 4.78 is 5.27. The van der Waals surface area contributed by atoms with Crippen molar-refractivity contribution in [3.63, 3.8) is 0 Å². The second-order valence-corrected chi connectivity index (χ2v) is 8.22. The number of anilines is 3. The van der Waals surface area contributed by atoms with Gasteiger partial charge in [0, 0.05) is 23.2 Å². The number of para-hydroxylation sites is 1. The predicted molar refractivity (Wildman–Crippen MR) is 149 cm³/mol. The summed E-state index contributed by atoms with van der Waals surface area (Å²) in [5.74, 6) is -0.0770. The molecule has 0 saturated heterocycles. The van der Waals surface area contributed by atoms with E-state index in [4.69, 9.17) is 16.2 Å². The van der Waals surface area contributed by atoms with Crippen LogP contribution < -0.4 is 26.8 Å². The molecule has 37 heavy (non-hydrogen) atoms. The number of rotatable bonds is 6. The molecule has 0 aliphatic heterocycles. The zero-order valence-electron chi connectivity index (χ0n) is 21.2. The summed E-state index contributed by atoms with van der Waals surface area (Å²) in [6, 6.07) is 21.5. The minimum Gasteiger partial charge on any atom is -0.505 e. The van der Waals surface area contributed by atoms with E-state index < -0.39 is 0 Å². The summed E-state index contributed by atoms with van der Waals surface area (Å²) in [5, 5.41) is 17.3. The highest BCUT2D eigenvalue weighted by molar-refractivity contribution is 6.12. The van der Waals surface area contributed by atoms with Crippen molar-refractivity contribution in [3.05, 3.63) is 89.5 Å². The fourth-order valence-electron chi connectivity index (χ4n) is 3.68. The Labute approximate surface area is 216 Å². The molecular formula is C29H32N4O4. The molecule has 0 radical (unpaired) electrons. The molecule has 0 aliphatic rings. The molecule has 4 aromatic rings. The van der Waals surface area contributed by atoms with Crippen molar-refractivity contribution in [2.45, 2.75) is 20.8 Å². The number of fused-ring (bicyclic) bond motifs is 1. The Kier molecular flexibility index (Phi) is 8.94. The number of hydrogen-bond acceptors (Lipinski definition) is 6. The first-order valence-electron chi connectivity index (χ1n) is 11.9. The highest BCUT2D eigenvalue weighted by Crippen LogP contribution is 2.34. The SMILES string of the molecule is CCNC(=O)c1ccc(OCC)c(N)c1.Cc1ccccc1NC(=O)c1cc2ccccc2c(N)c1O. The van der Waals surface area contributed by atoms with Gasteiger partial charge in [0.1, 0.15) is 5.75 Å². The maximum Gasteiger partial charge on any atom is 0.259 e. The first kappa shape index (κ1) is 26.9. The molecule has 0 saturated carbocycles. The quantitative estimate of drug-likeness (QED) is 0.184. The molecule has 192 valence electrons. The maximum atomic E-state index is 12.5. The number of amides is 2. The molecule has 0 unspecified atom stereocenters. The third-order valence-corrected chi connectivity index (χ3v) is 5.61. The van der Waals surface area contributed by atoms with Gasteiger partial charge in [-0.3, -0.25) is 9.59 Å². The zero-order valence-corrected chi connectivity index (χ0v) is 21.2. The highest BCUT2D eigenvalue weighted by Gasteiger charge is 2.17. The largest absolute Gasteiger partial charge is 0.505 e. The normalized spacial score (nSPS) is 10.2. The number of aromatic hydroxyl groups is 1. The molecule has 4 rings (SSSR count). The lowest BCUT2D eigenvalue weighted by Crippen LogP contribution is -2.22. The molecule has 0 spiro atoms. The molecule has 0 aliphatic carbocycles. The van der Waals surface area contributed by atoms with Gasteiger partial charge in [0.05, 0.1) is 23.5 Å². The van der Waals surface area contributed by atoms with Crippen LogP contribution >= 0.6 is 0 Å². The van der Waals surface area contributed by atoms with E-state index in [0.29, 0.717) is 35.8 Å². The molecule has 8 heteroatoms. The topological polar surface area (TPSA) is 140 Å². The number of nitrogens with one attached hydrogen (secondary N) is 2. The third kappa shape index (κ3) is 6.49. The van der Waals surface area contributed by atoms with Gasteiger partial charge in [-0.25, -0.2) is 0 Å². The smallest absolute Gasteiger partial charge is 0.259 e.